The number of nitrogens with one attached hydrogen (secondary N) is 1. The summed E-state index contributed by atoms with van der Waals surface area (Å²) in [5.41, 5.74) is 3.13. The van der Waals surface area contributed by atoms with E-state index in [9.17, 15) is 9.59 Å². The fourth-order valence-corrected chi connectivity index (χ4v) is 3.25. The molecule has 2 aromatic heterocycles. The predicted molar refractivity (Wildman–Crippen MR) is 120 cm³/mol. The number of rotatable bonds is 9. The number of ketones is 1. The molecule has 0 atom stereocenters. The number of hydrogen-bond donors (Lipinski definition) is 1. The van der Waals surface area contributed by atoms with Crippen molar-refractivity contribution >= 4 is 21.7 Å². The minimum absolute atomic E-state index is 0.0131. The van der Waals surface area contributed by atoms with E-state index in [1.165, 1.54) is 10.6 Å². The second kappa shape index (κ2) is 10.3. The minimum atomic E-state index is -0.286. The van der Waals surface area contributed by atoms with Gasteiger partial charge in [-0.05, 0) is 58.7 Å². The molecule has 0 fully saturated rings. The van der Waals surface area contributed by atoms with Gasteiger partial charge in [0, 0.05) is 35.0 Å². The summed E-state index contributed by atoms with van der Waals surface area (Å²) in [6, 6.07) is 12.6. The van der Waals surface area contributed by atoms with Gasteiger partial charge in [0.2, 0.25) is 0 Å². The Bertz CT molecular complexity index is 1080. The highest BCUT2D eigenvalue weighted by molar-refractivity contribution is 9.10. The third-order valence-corrected chi connectivity index (χ3v) is 5.10. The number of benzene rings is 1. The molecule has 0 spiro atoms. The van der Waals surface area contributed by atoms with Crippen LogP contribution in [0.3, 0.4) is 0 Å². The molecule has 0 aliphatic carbocycles. The summed E-state index contributed by atoms with van der Waals surface area (Å²) in [4.78, 5) is 29.4. The predicted octanol–water partition coefficient (Wildman–Crippen LogP) is 3.89. The first-order valence-electron chi connectivity index (χ1n) is 9.73. The summed E-state index contributed by atoms with van der Waals surface area (Å²) < 4.78 is 7.92. The van der Waals surface area contributed by atoms with Crippen molar-refractivity contribution in [2.45, 2.75) is 33.5 Å². The van der Waals surface area contributed by atoms with Crippen LogP contribution in [0.1, 0.15) is 34.1 Å². The fraction of sp³-hybridized carbons (Fsp3) is 0.261. The summed E-state index contributed by atoms with van der Waals surface area (Å²) in [6.45, 7) is 5.87. The van der Waals surface area contributed by atoms with Crippen LogP contribution in [0.25, 0.3) is 0 Å². The molecule has 1 aromatic carbocycles. The highest BCUT2D eigenvalue weighted by Crippen LogP contribution is 2.14. The third-order valence-electron chi connectivity index (χ3n) is 4.63. The zero-order valence-corrected chi connectivity index (χ0v) is 18.6. The van der Waals surface area contributed by atoms with Crippen molar-refractivity contribution < 1.29 is 9.53 Å². The smallest absolute Gasteiger partial charge is 0.254 e. The van der Waals surface area contributed by atoms with E-state index in [0.717, 1.165) is 34.4 Å². The van der Waals surface area contributed by atoms with Crippen LogP contribution in [0.2, 0.25) is 0 Å². The van der Waals surface area contributed by atoms with Crippen LogP contribution in [0.4, 0.5) is 0 Å². The molecule has 0 aliphatic rings. The van der Waals surface area contributed by atoms with Gasteiger partial charge < -0.3 is 14.6 Å². The number of ether oxygens (including phenoxy) is 1. The number of halogens is 1. The van der Waals surface area contributed by atoms with Gasteiger partial charge in [-0.3, -0.25) is 14.6 Å². The summed E-state index contributed by atoms with van der Waals surface area (Å²) in [5.74, 6) is 0.342. The van der Waals surface area contributed by atoms with Crippen LogP contribution in [-0.4, -0.2) is 21.9 Å². The van der Waals surface area contributed by atoms with Gasteiger partial charge in [-0.1, -0.05) is 25.1 Å². The number of carbonyl (C=O) groups is 1. The van der Waals surface area contributed by atoms with Crippen LogP contribution in [0.5, 0.6) is 5.75 Å². The van der Waals surface area contributed by atoms with Crippen LogP contribution in [-0.2, 0) is 19.7 Å². The SMILES string of the molecule is CCNCc1ccc(C(=O)Cn2ccc(OCc3ccc(Br)cn3)cc2=O)c(C)c1. The van der Waals surface area contributed by atoms with Crippen LogP contribution in [0.15, 0.2) is 64.1 Å². The molecule has 0 saturated heterocycles. The maximum Gasteiger partial charge on any atom is 0.254 e. The van der Waals surface area contributed by atoms with Gasteiger partial charge in [0.15, 0.2) is 5.78 Å². The Labute approximate surface area is 184 Å². The Balaban J connectivity index is 1.64. The first-order valence-corrected chi connectivity index (χ1v) is 10.5. The fourth-order valence-electron chi connectivity index (χ4n) is 3.02. The zero-order valence-electron chi connectivity index (χ0n) is 17.0. The lowest BCUT2D eigenvalue weighted by molar-refractivity contribution is 0.0970. The van der Waals surface area contributed by atoms with Gasteiger partial charge in [-0.25, -0.2) is 0 Å². The van der Waals surface area contributed by atoms with Crippen LogP contribution in [0, 0.1) is 6.92 Å². The lowest BCUT2D eigenvalue weighted by Crippen LogP contribution is -2.23. The second-order valence-electron chi connectivity index (χ2n) is 6.94. The van der Waals surface area contributed by atoms with Gasteiger partial charge in [0.05, 0.1) is 12.2 Å². The molecule has 0 unspecified atom stereocenters. The van der Waals surface area contributed by atoms with Gasteiger partial charge in [-0.2, -0.15) is 0 Å². The Morgan fingerprint density at radius 1 is 1.20 bits per heavy atom. The van der Waals surface area contributed by atoms with E-state index in [-0.39, 0.29) is 24.5 Å². The molecule has 3 rings (SSSR count). The second-order valence-corrected chi connectivity index (χ2v) is 7.85. The van der Waals surface area contributed by atoms with E-state index in [1.54, 1.807) is 18.5 Å². The molecule has 0 radical (unpaired) electrons. The first-order chi connectivity index (χ1) is 14.5. The highest BCUT2D eigenvalue weighted by atomic mass is 79.9. The molecule has 2 heterocycles. The minimum Gasteiger partial charge on any atom is -0.487 e. The number of aryl methyl sites for hydroxylation is 1. The van der Waals surface area contributed by atoms with Crippen molar-refractivity contribution in [3.05, 3.63) is 92.1 Å². The number of aromatic nitrogens is 2. The Morgan fingerprint density at radius 3 is 2.70 bits per heavy atom. The number of hydrogen-bond acceptors (Lipinski definition) is 5. The summed E-state index contributed by atoms with van der Waals surface area (Å²) in [6.07, 6.45) is 3.27. The first kappa shape index (κ1) is 21.9. The van der Waals surface area contributed by atoms with E-state index in [0.29, 0.717) is 11.3 Å². The molecule has 156 valence electrons. The number of pyridine rings is 2. The normalized spacial score (nSPS) is 10.8. The van der Waals surface area contributed by atoms with Crippen molar-refractivity contribution in [3.8, 4) is 5.75 Å². The molecule has 3 aromatic rings. The zero-order chi connectivity index (χ0) is 21.5. The number of Topliss-reactive ketones (excluding diaryl/α,β-unsaturated/α-hetero) is 1. The molecule has 0 aliphatic heterocycles. The number of nitrogens with zero attached hydrogens (tertiary/aromatic N) is 2. The van der Waals surface area contributed by atoms with E-state index in [4.69, 9.17) is 4.74 Å². The largest absolute Gasteiger partial charge is 0.487 e. The van der Waals surface area contributed by atoms with Crippen molar-refractivity contribution in [1.82, 2.24) is 14.9 Å². The summed E-state index contributed by atoms with van der Waals surface area (Å²) in [7, 11) is 0. The van der Waals surface area contributed by atoms with E-state index >= 15 is 0 Å². The lowest BCUT2D eigenvalue weighted by atomic mass is 10.0. The van der Waals surface area contributed by atoms with Gasteiger partial charge in [0.25, 0.3) is 5.56 Å². The van der Waals surface area contributed by atoms with E-state index in [1.807, 2.05) is 37.3 Å². The average Bonchev–Trinajstić information content (AvgIpc) is 2.73. The monoisotopic (exact) mass is 469 g/mol. The van der Waals surface area contributed by atoms with Crippen molar-refractivity contribution in [2.75, 3.05) is 6.54 Å². The van der Waals surface area contributed by atoms with Gasteiger partial charge in [0.1, 0.15) is 12.4 Å². The molecule has 1 N–H and O–H groups in total. The highest BCUT2D eigenvalue weighted by Gasteiger charge is 2.12. The van der Waals surface area contributed by atoms with Crippen molar-refractivity contribution in [1.29, 1.82) is 0 Å². The molecule has 0 bridgehead atoms. The van der Waals surface area contributed by atoms with Gasteiger partial charge in [-0.15, -0.1) is 0 Å². The van der Waals surface area contributed by atoms with Crippen molar-refractivity contribution in [3.63, 3.8) is 0 Å². The average molecular weight is 470 g/mol. The lowest BCUT2D eigenvalue weighted by Gasteiger charge is -2.11. The van der Waals surface area contributed by atoms with E-state index < -0.39 is 0 Å². The molecule has 30 heavy (non-hydrogen) atoms. The number of carbonyl (C=O) groups excluding carboxylic acids is 1. The van der Waals surface area contributed by atoms with Gasteiger partial charge >= 0.3 is 0 Å². The quantitative estimate of drug-likeness (QED) is 0.481. The van der Waals surface area contributed by atoms with Crippen LogP contribution < -0.4 is 15.6 Å². The topological polar surface area (TPSA) is 73.2 Å². The third kappa shape index (κ3) is 5.87. The molecule has 7 heteroatoms. The van der Waals surface area contributed by atoms with Crippen LogP contribution >= 0.6 is 15.9 Å². The molecular weight excluding hydrogens is 446 g/mol. The molecule has 0 saturated carbocycles. The Morgan fingerprint density at radius 2 is 2.03 bits per heavy atom. The molecular formula is C23H24BrN3O3. The molecule has 0 amide bonds. The summed E-state index contributed by atoms with van der Waals surface area (Å²) in [5, 5.41) is 3.27. The van der Waals surface area contributed by atoms with E-state index in [2.05, 4.69) is 33.2 Å². The Kier molecular flexibility index (Phi) is 7.54. The molecule has 6 nitrogen and oxygen atoms in total. The van der Waals surface area contributed by atoms with Crippen molar-refractivity contribution in [2.24, 2.45) is 0 Å². The Hall–Kier alpha value is -2.77. The summed E-state index contributed by atoms with van der Waals surface area (Å²) >= 11 is 3.34. The maximum atomic E-state index is 12.7. The standard InChI is InChI=1S/C23H24BrN3O3/c1-3-25-12-17-4-7-21(16(2)10-17)22(28)14-27-9-8-20(11-23(27)29)30-15-19-6-5-18(24)13-26-19/h4-11,13,25H,3,12,14-15H2,1-2H3. The maximum absolute atomic E-state index is 12.7.